The predicted molar refractivity (Wildman–Crippen MR) is 22.8 cm³/mol. The summed E-state index contributed by atoms with van der Waals surface area (Å²) in [6.07, 6.45) is 0. The van der Waals surface area contributed by atoms with Crippen molar-refractivity contribution in [2.75, 3.05) is 0 Å². The van der Waals surface area contributed by atoms with Crippen LogP contribution < -0.4 is 17.6 Å². The van der Waals surface area contributed by atoms with Gasteiger partial charge in [0, 0.05) is 5.10 Å². The van der Waals surface area contributed by atoms with Crippen LogP contribution >= 0.6 is 23.4 Å². The number of aromatic nitrogens is 4. The van der Waals surface area contributed by atoms with Gasteiger partial charge in [-0.05, 0) is 11.6 Å². The highest BCUT2D eigenvalue weighted by Gasteiger charge is 2.02. The summed E-state index contributed by atoms with van der Waals surface area (Å²) in [7, 11) is 0. The van der Waals surface area contributed by atoms with Crippen LogP contribution in [0.4, 0.5) is 0 Å². The van der Waals surface area contributed by atoms with E-state index in [1.54, 1.807) is 0 Å². The van der Waals surface area contributed by atoms with Crippen molar-refractivity contribution < 1.29 is 17.6 Å². The van der Waals surface area contributed by atoms with Gasteiger partial charge in [0.2, 0.25) is 0 Å². The molecular weight excluding hydrogens is 174 g/mol. The average molecular weight is 175 g/mol. The number of tetrazole rings is 1. The predicted octanol–water partition coefficient (Wildman–Crippen LogP) is -3.25. The number of halogens is 3. The number of nitrogens with one attached hydrogen (secondary N) is 1. The summed E-state index contributed by atoms with van der Waals surface area (Å²) in [6, 6.07) is 0. The molecular formula is CHCl3N4. The maximum Gasteiger partial charge on any atom is 0.401 e. The fourth-order valence-corrected chi connectivity index (χ4v) is 0.461. The molecule has 0 aliphatic heterocycles. The number of hydrogen-bond donors (Lipinski definition) is 0. The molecule has 46 valence electrons. The van der Waals surface area contributed by atoms with E-state index >= 15 is 0 Å². The van der Waals surface area contributed by atoms with Crippen LogP contribution in [0.3, 0.4) is 0 Å². The quantitative estimate of drug-likeness (QED) is 0.416. The summed E-state index contributed by atoms with van der Waals surface area (Å²) < 4.78 is 0.891. The summed E-state index contributed by atoms with van der Waals surface area (Å²) in [5.41, 5.74) is 0. The van der Waals surface area contributed by atoms with E-state index in [4.69, 9.17) is 23.4 Å². The third-order valence-electron chi connectivity index (χ3n) is 0.395. The SMILES string of the molecule is Clc1n[nH+]n(Cl)n1.[Cl-]. The minimum Gasteiger partial charge on any atom is -1.00 e. The zero-order chi connectivity index (χ0) is 5.28. The van der Waals surface area contributed by atoms with Crippen LogP contribution in [0.25, 0.3) is 0 Å². The van der Waals surface area contributed by atoms with Crippen molar-refractivity contribution in [3.63, 3.8) is 0 Å². The standard InChI is InChI=1S/CCl2N4.ClH/c2-1-4-6-7(3)5-1;/h;1H. The molecule has 0 aliphatic carbocycles. The third kappa shape index (κ3) is 1.81. The van der Waals surface area contributed by atoms with E-state index in [0.29, 0.717) is 0 Å². The lowest BCUT2D eigenvalue weighted by molar-refractivity contribution is -0.536. The second-order valence-corrected chi connectivity index (χ2v) is 1.50. The van der Waals surface area contributed by atoms with E-state index in [1.807, 2.05) is 0 Å². The first kappa shape index (κ1) is 7.94. The molecule has 1 aromatic rings. The van der Waals surface area contributed by atoms with Crippen molar-refractivity contribution in [2.45, 2.75) is 0 Å². The summed E-state index contributed by atoms with van der Waals surface area (Å²) in [6.45, 7) is 0. The van der Waals surface area contributed by atoms with E-state index in [2.05, 4.69) is 15.4 Å². The summed E-state index contributed by atoms with van der Waals surface area (Å²) in [5, 5.41) is 9.13. The summed E-state index contributed by atoms with van der Waals surface area (Å²) in [4.78, 5) is 0. The number of nitrogens with zero attached hydrogens (tertiary/aromatic N) is 3. The minimum absolute atomic E-state index is 0. The molecule has 1 aromatic heterocycles. The molecule has 0 unspecified atom stereocenters. The van der Waals surface area contributed by atoms with Crippen LogP contribution in [0, 0.1) is 0 Å². The first-order valence-electron chi connectivity index (χ1n) is 1.45. The van der Waals surface area contributed by atoms with Gasteiger partial charge < -0.3 is 12.4 Å². The first-order valence-corrected chi connectivity index (χ1v) is 2.17. The van der Waals surface area contributed by atoms with Gasteiger partial charge >= 0.3 is 5.28 Å². The monoisotopic (exact) mass is 174 g/mol. The highest BCUT2D eigenvalue weighted by atomic mass is 35.5. The van der Waals surface area contributed by atoms with Gasteiger partial charge in [-0.1, -0.05) is 5.21 Å². The molecule has 7 heteroatoms. The van der Waals surface area contributed by atoms with Crippen LogP contribution in [0.1, 0.15) is 0 Å². The molecule has 1 heterocycles. The van der Waals surface area contributed by atoms with E-state index in [1.165, 1.54) is 0 Å². The van der Waals surface area contributed by atoms with E-state index in [0.717, 1.165) is 4.32 Å². The average Bonchev–Trinajstić information content (AvgIpc) is 1.87. The van der Waals surface area contributed by atoms with Crippen molar-refractivity contribution in [2.24, 2.45) is 0 Å². The van der Waals surface area contributed by atoms with Crippen LogP contribution in [0.2, 0.25) is 5.28 Å². The molecule has 0 fully saturated rings. The smallest absolute Gasteiger partial charge is 0.401 e. The highest BCUT2D eigenvalue weighted by Crippen LogP contribution is 1.90. The molecule has 0 aromatic carbocycles. The highest BCUT2D eigenvalue weighted by molar-refractivity contribution is 6.28. The number of rotatable bonds is 0. The molecule has 0 aliphatic rings. The fraction of sp³-hybridized carbons (Fsp3) is 0. The Hall–Kier alpha value is -0.0600. The topological polar surface area (TPSA) is 44.9 Å². The Morgan fingerprint density at radius 3 is 2.38 bits per heavy atom. The molecule has 0 radical (unpaired) electrons. The van der Waals surface area contributed by atoms with Crippen LogP contribution in [-0.2, 0) is 0 Å². The molecule has 1 rings (SSSR count). The lowest BCUT2D eigenvalue weighted by Crippen LogP contribution is -3.00. The van der Waals surface area contributed by atoms with Crippen LogP contribution in [-0.4, -0.2) is 14.5 Å². The Morgan fingerprint density at radius 1 is 1.62 bits per heavy atom. The van der Waals surface area contributed by atoms with Gasteiger partial charge in [0.05, 0.1) is 4.32 Å². The van der Waals surface area contributed by atoms with Crippen molar-refractivity contribution in [1.82, 2.24) is 14.5 Å². The zero-order valence-electron chi connectivity index (χ0n) is 3.48. The van der Waals surface area contributed by atoms with Crippen molar-refractivity contribution in [1.29, 1.82) is 0 Å². The number of hydrogen-bond acceptors (Lipinski definition) is 2. The summed E-state index contributed by atoms with van der Waals surface area (Å²) in [5.74, 6) is 0. The largest absolute Gasteiger partial charge is 1.00 e. The fourth-order valence-electron chi connectivity index (χ4n) is 0.200. The second kappa shape index (κ2) is 3.06. The zero-order valence-corrected chi connectivity index (χ0v) is 5.74. The van der Waals surface area contributed by atoms with Gasteiger partial charge in [-0.15, -0.1) is 0 Å². The molecule has 4 nitrogen and oxygen atoms in total. The molecule has 0 spiro atoms. The second-order valence-electron chi connectivity index (χ2n) is 0.841. The Bertz CT molecular complexity index is 144. The van der Waals surface area contributed by atoms with Crippen LogP contribution in [0.5, 0.6) is 0 Å². The van der Waals surface area contributed by atoms with Gasteiger partial charge in [-0.3, -0.25) is 0 Å². The van der Waals surface area contributed by atoms with Crippen LogP contribution in [0.15, 0.2) is 0 Å². The van der Waals surface area contributed by atoms with E-state index in [-0.39, 0.29) is 17.7 Å². The van der Waals surface area contributed by atoms with Gasteiger partial charge in [-0.2, -0.15) is 0 Å². The van der Waals surface area contributed by atoms with Gasteiger partial charge in [0.15, 0.2) is 0 Å². The van der Waals surface area contributed by atoms with E-state index in [9.17, 15) is 0 Å². The maximum atomic E-state index is 5.20. The Labute approximate surface area is 61.3 Å². The molecule has 0 saturated carbocycles. The molecule has 0 saturated heterocycles. The lowest BCUT2D eigenvalue weighted by atomic mass is 11.4. The molecule has 8 heavy (non-hydrogen) atoms. The first-order chi connectivity index (χ1) is 3.29. The van der Waals surface area contributed by atoms with Crippen molar-refractivity contribution >= 4 is 23.4 Å². The van der Waals surface area contributed by atoms with Crippen molar-refractivity contribution in [3.8, 4) is 0 Å². The Balaban J connectivity index is 0.000000490. The minimum atomic E-state index is 0. The molecule has 0 amide bonds. The van der Waals surface area contributed by atoms with Crippen molar-refractivity contribution in [3.05, 3.63) is 5.28 Å². The maximum absolute atomic E-state index is 5.20. The normalized spacial score (nSPS) is 8.25. The number of H-pyrrole nitrogens is 1. The molecule has 1 N–H and O–H groups in total. The third-order valence-corrected chi connectivity index (χ3v) is 0.706. The van der Waals surface area contributed by atoms with Gasteiger partial charge in [-0.25, -0.2) is 0 Å². The van der Waals surface area contributed by atoms with Gasteiger partial charge in [0.25, 0.3) is 0 Å². The Kier molecular flexibility index (Phi) is 3.04. The molecule has 0 atom stereocenters. The summed E-state index contributed by atoms with van der Waals surface area (Å²) >= 11 is 10.4. The van der Waals surface area contributed by atoms with E-state index < -0.39 is 0 Å². The number of aromatic amines is 1. The molecule has 0 bridgehead atoms. The lowest BCUT2D eigenvalue weighted by Gasteiger charge is -1.56. The Morgan fingerprint density at radius 2 is 2.25 bits per heavy atom. The van der Waals surface area contributed by atoms with Gasteiger partial charge in [0.1, 0.15) is 16.9 Å².